The average Bonchev–Trinajstić information content (AvgIpc) is 2.36. The first-order valence-electron chi connectivity index (χ1n) is 2.86. The van der Waals surface area contributed by atoms with Gasteiger partial charge in [0.1, 0.15) is 11.3 Å². The van der Waals surface area contributed by atoms with Crippen molar-refractivity contribution in [3.05, 3.63) is 18.2 Å². The Morgan fingerprint density at radius 2 is 2.30 bits per heavy atom. The molecule has 2 N–H and O–H groups in total. The maximum atomic E-state index is 9.14. The summed E-state index contributed by atoms with van der Waals surface area (Å²) in [6.45, 7) is 0. The SMILES string of the molecule is Oc1cccc2n[nH]nc12.[HH]. The van der Waals surface area contributed by atoms with Crippen molar-refractivity contribution in [2.24, 2.45) is 0 Å². The lowest BCUT2D eigenvalue weighted by Gasteiger charge is -1.87. The first kappa shape index (κ1) is 5.22. The van der Waals surface area contributed by atoms with Crippen LogP contribution in [0.3, 0.4) is 0 Å². The zero-order valence-electron chi connectivity index (χ0n) is 5.07. The summed E-state index contributed by atoms with van der Waals surface area (Å²) in [4.78, 5) is 0. The van der Waals surface area contributed by atoms with E-state index >= 15 is 0 Å². The van der Waals surface area contributed by atoms with E-state index in [0.717, 1.165) is 0 Å². The number of fused-ring (bicyclic) bond motifs is 1. The number of H-pyrrole nitrogens is 1. The summed E-state index contributed by atoms with van der Waals surface area (Å²) in [6, 6.07) is 5.07. The molecule has 1 aromatic carbocycles. The van der Waals surface area contributed by atoms with E-state index in [2.05, 4.69) is 15.4 Å². The van der Waals surface area contributed by atoms with Crippen molar-refractivity contribution in [2.45, 2.75) is 0 Å². The van der Waals surface area contributed by atoms with Gasteiger partial charge in [-0.2, -0.15) is 15.4 Å². The van der Waals surface area contributed by atoms with Gasteiger partial charge < -0.3 is 5.11 Å². The van der Waals surface area contributed by atoms with Crippen LogP contribution in [0.4, 0.5) is 0 Å². The summed E-state index contributed by atoms with van der Waals surface area (Å²) >= 11 is 0. The minimum absolute atomic E-state index is 0. The number of rotatable bonds is 0. The van der Waals surface area contributed by atoms with E-state index in [1.165, 1.54) is 0 Å². The van der Waals surface area contributed by atoms with Crippen LogP contribution in [0.25, 0.3) is 11.0 Å². The van der Waals surface area contributed by atoms with E-state index < -0.39 is 0 Å². The van der Waals surface area contributed by atoms with Gasteiger partial charge in [0, 0.05) is 1.43 Å². The highest BCUT2D eigenvalue weighted by atomic mass is 16.3. The Kier molecular flexibility index (Phi) is 0.887. The molecule has 10 heavy (non-hydrogen) atoms. The molecule has 0 bridgehead atoms. The molecule has 0 aliphatic carbocycles. The zero-order chi connectivity index (χ0) is 6.97. The second-order valence-corrected chi connectivity index (χ2v) is 1.97. The van der Waals surface area contributed by atoms with Gasteiger partial charge in [0.15, 0.2) is 5.52 Å². The quantitative estimate of drug-likeness (QED) is 0.567. The minimum atomic E-state index is 0. The molecular weight excluding hydrogens is 130 g/mol. The third kappa shape index (κ3) is 0.556. The predicted octanol–water partition coefficient (Wildman–Crippen LogP) is 0.909. The first-order valence-corrected chi connectivity index (χ1v) is 2.86. The number of hydrogen-bond donors (Lipinski definition) is 2. The second-order valence-electron chi connectivity index (χ2n) is 1.97. The Morgan fingerprint density at radius 1 is 1.40 bits per heavy atom. The monoisotopic (exact) mass is 137 g/mol. The Labute approximate surface area is 58.0 Å². The van der Waals surface area contributed by atoms with Gasteiger partial charge in [0.05, 0.1) is 0 Å². The number of benzene rings is 1. The highest BCUT2D eigenvalue weighted by molar-refractivity contribution is 5.79. The Hall–Kier alpha value is -1.58. The molecular formula is C6H7N3O. The topological polar surface area (TPSA) is 61.8 Å². The number of hydrogen-bond acceptors (Lipinski definition) is 3. The number of phenolic OH excluding ortho intramolecular Hbond substituents is 1. The highest BCUT2D eigenvalue weighted by Crippen LogP contribution is 2.18. The summed E-state index contributed by atoms with van der Waals surface area (Å²) < 4.78 is 0. The van der Waals surface area contributed by atoms with Crippen molar-refractivity contribution in [1.82, 2.24) is 15.4 Å². The van der Waals surface area contributed by atoms with Gasteiger partial charge in [-0.15, -0.1) is 0 Å². The summed E-state index contributed by atoms with van der Waals surface area (Å²) in [5, 5.41) is 19.1. The van der Waals surface area contributed by atoms with Crippen LogP contribution in [-0.2, 0) is 0 Å². The molecule has 0 unspecified atom stereocenters. The van der Waals surface area contributed by atoms with E-state index in [0.29, 0.717) is 11.0 Å². The molecule has 2 aromatic rings. The standard InChI is InChI=1S/C6H5N3O.H2/c10-5-3-1-2-4-6(5)8-9-7-4;/h1-3,10H,(H,7,8,9);1H. The molecule has 0 amide bonds. The normalized spacial score (nSPS) is 10.4. The summed E-state index contributed by atoms with van der Waals surface area (Å²) in [5.41, 5.74) is 1.20. The van der Waals surface area contributed by atoms with Crippen molar-refractivity contribution in [3.8, 4) is 5.75 Å². The van der Waals surface area contributed by atoms with Crippen LogP contribution in [0, 0.1) is 0 Å². The fourth-order valence-corrected chi connectivity index (χ4v) is 0.853. The van der Waals surface area contributed by atoms with Gasteiger partial charge in [-0.05, 0) is 12.1 Å². The lowest BCUT2D eigenvalue weighted by atomic mass is 10.3. The fraction of sp³-hybridized carbons (Fsp3) is 0. The van der Waals surface area contributed by atoms with Crippen molar-refractivity contribution >= 4 is 11.0 Å². The Balaban J connectivity index is 0.000000605. The molecule has 4 nitrogen and oxygen atoms in total. The van der Waals surface area contributed by atoms with Gasteiger partial charge in [-0.3, -0.25) is 0 Å². The Bertz CT molecular complexity index is 359. The second kappa shape index (κ2) is 1.70. The van der Waals surface area contributed by atoms with Crippen LogP contribution < -0.4 is 0 Å². The van der Waals surface area contributed by atoms with Crippen LogP contribution in [-0.4, -0.2) is 20.5 Å². The van der Waals surface area contributed by atoms with Crippen LogP contribution in [0.1, 0.15) is 1.43 Å². The number of nitrogens with zero attached hydrogens (tertiary/aromatic N) is 2. The molecule has 1 heterocycles. The average molecular weight is 137 g/mol. The van der Waals surface area contributed by atoms with Crippen molar-refractivity contribution in [2.75, 3.05) is 0 Å². The van der Waals surface area contributed by atoms with Crippen molar-refractivity contribution < 1.29 is 6.53 Å². The van der Waals surface area contributed by atoms with E-state index in [4.69, 9.17) is 5.11 Å². The van der Waals surface area contributed by atoms with Crippen LogP contribution in [0.2, 0.25) is 0 Å². The smallest absolute Gasteiger partial charge is 0.154 e. The number of nitrogens with one attached hydrogen (secondary N) is 1. The Morgan fingerprint density at radius 3 is 3.10 bits per heavy atom. The maximum absolute atomic E-state index is 9.14. The first-order chi connectivity index (χ1) is 4.88. The van der Waals surface area contributed by atoms with Gasteiger partial charge >= 0.3 is 0 Å². The van der Waals surface area contributed by atoms with E-state index in [1.807, 2.05) is 0 Å². The van der Waals surface area contributed by atoms with Crippen molar-refractivity contribution in [3.63, 3.8) is 0 Å². The zero-order valence-corrected chi connectivity index (χ0v) is 5.07. The summed E-state index contributed by atoms with van der Waals surface area (Å²) in [6.07, 6.45) is 0. The number of phenols is 1. The maximum Gasteiger partial charge on any atom is 0.154 e. The molecule has 0 saturated heterocycles. The van der Waals surface area contributed by atoms with Crippen molar-refractivity contribution in [1.29, 1.82) is 0 Å². The van der Waals surface area contributed by atoms with E-state index in [9.17, 15) is 0 Å². The molecule has 1 aromatic heterocycles. The molecule has 4 heteroatoms. The number of aromatic nitrogens is 3. The molecule has 0 spiro atoms. The number of aromatic amines is 1. The van der Waals surface area contributed by atoms with Gasteiger partial charge in [0.25, 0.3) is 0 Å². The van der Waals surface area contributed by atoms with Crippen LogP contribution in [0.5, 0.6) is 5.75 Å². The third-order valence-electron chi connectivity index (χ3n) is 1.33. The molecule has 52 valence electrons. The van der Waals surface area contributed by atoms with Gasteiger partial charge in [0.2, 0.25) is 0 Å². The molecule has 0 saturated carbocycles. The number of para-hydroxylation sites is 1. The van der Waals surface area contributed by atoms with E-state index in [1.54, 1.807) is 18.2 Å². The van der Waals surface area contributed by atoms with Gasteiger partial charge in [-0.25, -0.2) is 0 Å². The lowest BCUT2D eigenvalue weighted by molar-refractivity contribution is 0.480. The largest absolute Gasteiger partial charge is 0.506 e. The fourth-order valence-electron chi connectivity index (χ4n) is 0.853. The summed E-state index contributed by atoms with van der Waals surface area (Å²) in [7, 11) is 0. The molecule has 0 fully saturated rings. The molecule has 0 aliphatic rings. The molecule has 0 aliphatic heterocycles. The minimum Gasteiger partial charge on any atom is -0.506 e. The highest BCUT2D eigenvalue weighted by Gasteiger charge is 1.99. The van der Waals surface area contributed by atoms with E-state index in [-0.39, 0.29) is 7.18 Å². The molecule has 2 rings (SSSR count). The third-order valence-corrected chi connectivity index (χ3v) is 1.33. The van der Waals surface area contributed by atoms with Gasteiger partial charge in [-0.1, -0.05) is 6.07 Å². The predicted molar refractivity (Wildman–Crippen MR) is 37.7 cm³/mol. The van der Waals surface area contributed by atoms with Crippen LogP contribution in [0.15, 0.2) is 18.2 Å². The van der Waals surface area contributed by atoms with Crippen LogP contribution >= 0.6 is 0 Å². The number of aromatic hydroxyl groups is 1. The molecule has 0 radical (unpaired) electrons. The summed E-state index contributed by atoms with van der Waals surface area (Å²) in [5.74, 6) is 0.159. The molecule has 0 atom stereocenters. The lowest BCUT2D eigenvalue weighted by Crippen LogP contribution is -1.68.